The predicted octanol–water partition coefficient (Wildman–Crippen LogP) is 12.6. The lowest BCUT2D eigenvalue weighted by Gasteiger charge is -2.18. The van der Waals surface area contributed by atoms with Crippen molar-refractivity contribution in [3.8, 4) is 0 Å². The molecule has 0 N–H and O–H groups in total. The molecule has 0 aliphatic carbocycles. The zero-order chi connectivity index (χ0) is 35.8. The van der Waals surface area contributed by atoms with Crippen LogP contribution >= 0.6 is 0 Å². The van der Waals surface area contributed by atoms with Gasteiger partial charge in [0, 0.05) is 12.8 Å². The second kappa shape index (κ2) is 33.1. The number of hydrogen-bond donors (Lipinski definition) is 0. The van der Waals surface area contributed by atoms with E-state index in [0.29, 0.717) is 37.9 Å². The molecular formula is C43H85NO4. The maximum absolute atomic E-state index is 12.1. The Morgan fingerprint density at radius 1 is 0.438 bits per heavy atom. The van der Waals surface area contributed by atoms with E-state index in [9.17, 15) is 9.59 Å². The molecule has 2 unspecified atom stereocenters. The van der Waals surface area contributed by atoms with Gasteiger partial charge in [0.2, 0.25) is 0 Å². The molecule has 0 bridgehead atoms. The number of unbranched alkanes of at least 4 members (excludes halogenated alkanes) is 9. The van der Waals surface area contributed by atoms with Crippen LogP contribution in [0.2, 0.25) is 0 Å². The summed E-state index contributed by atoms with van der Waals surface area (Å²) < 4.78 is 11.0. The molecule has 5 nitrogen and oxygen atoms in total. The van der Waals surface area contributed by atoms with Crippen LogP contribution in [-0.2, 0) is 19.1 Å². The van der Waals surface area contributed by atoms with Crippen molar-refractivity contribution in [2.45, 2.75) is 202 Å². The van der Waals surface area contributed by atoms with Gasteiger partial charge in [-0.25, -0.2) is 0 Å². The Bertz CT molecular complexity index is 670. The molecule has 5 heteroatoms. The molecule has 0 saturated carbocycles. The van der Waals surface area contributed by atoms with Gasteiger partial charge in [-0.1, -0.05) is 157 Å². The maximum atomic E-state index is 12.1. The van der Waals surface area contributed by atoms with Crippen molar-refractivity contribution in [2.75, 3.05) is 33.9 Å². The van der Waals surface area contributed by atoms with E-state index in [1.54, 1.807) is 0 Å². The normalized spacial score (nSPS) is 13.7. The second-order valence-electron chi connectivity index (χ2n) is 16.7. The molecule has 0 aromatic carbocycles. The molecule has 0 amide bonds. The highest BCUT2D eigenvalue weighted by Gasteiger charge is 2.11. The van der Waals surface area contributed by atoms with E-state index in [0.717, 1.165) is 56.3 Å². The number of esters is 2. The van der Waals surface area contributed by atoms with E-state index in [-0.39, 0.29) is 11.9 Å². The number of rotatable bonds is 35. The van der Waals surface area contributed by atoms with E-state index >= 15 is 0 Å². The van der Waals surface area contributed by atoms with Crippen molar-refractivity contribution >= 4 is 11.9 Å². The molecule has 0 saturated heterocycles. The lowest BCUT2D eigenvalue weighted by Crippen LogP contribution is -2.13. The maximum Gasteiger partial charge on any atom is 0.305 e. The fourth-order valence-corrected chi connectivity index (χ4v) is 6.69. The molecule has 0 aromatic rings. The van der Waals surface area contributed by atoms with Gasteiger partial charge in [-0.15, -0.1) is 0 Å². The minimum absolute atomic E-state index is 0.00461. The Morgan fingerprint density at radius 2 is 0.812 bits per heavy atom. The van der Waals surface area contributed by atoms with Crippen molar-refractivity contribution in [1.29, 1.82) is 0 Å². The molecule has 0 fully saturated rings. The molecule has 0 heterocycles. The fraction of sp³-hybridized carbons (Fsp3) is 0.953. The molecule has 2 atom stereocenters. The first-order valence-corrected chi connectivity index (χ1v) is 20.9. The van der Waals surface area contributed by atoms with E-state index < -0.39 is 0 Å². The molecule has 0 aliphatic rings. The Labute approximate surface area is 300 Å². The molecule has 48 heavy (non-hydrogen) atoms. The monoisotopic (exact) mass is 680 g/mol. The molecule has 0 radical (unpaired) electrons. The standard InChI is InChI=1S/C43H85NO4/c1-37(2)23-21-25-39(5)32-35-47-42(45)30-17-13-9-11-15-27-41(29-19-20-34-44(7)8)28-16-12-10-14-18-31-43(46)48-36-33-40(6)26-22-24-38(3)4/h37-41H,9-36H2,1-8H3. The van der Waals surface area contributed by atoms with Crippen molar-refractivity contribution in [1.82, 2.24) is 4.90 Å². The summed E-state index contributed by atoms with van der Waals surface area (Å²) >= 11 is 0. The summed E-state index contributed by atoms with van der Waals surface area (Å²) in [5, 5.41) is 0. The van der Waals surface area contributed by atoms with Crippen LogP contribution in [0.15, 0.2) is 0 Å². The highest BCUT2D eigenvalue weighted by molar-refractivity contribution is 5.69. The third kappa shape index (κ3) is 34.8. The zero-order valence-electron chi connectivity index (χ0n) is 33.8. The van der Waals surface area contributed by atoms with Crippen LogP contribution in [0.1, 0.15) is 202 Å². The topological polar surface area (TPSA) is 55.8 Å². The first kappa shape index (κ1) is 46.9. The molecule has 286 valence electrons. The summed E-state index contributed by atoms with van der Waals surface area (Å²) in [6.45, 7) is 16.1. The summed E-state index contributed by atoms with van der Waals surface area (Å²) in [6, 6.07) is 0. The third-order valence-corrected chi connectivity index (χ3v) is 10.2. The minimum Gasteiger partial charge on any atom is -0.466 e. The van der Waals surface area contributed by atoms with Crippen LogP contribution in [-0.4, -0.2) is 50.7 Å². The Balaban J connectivity index is 3.98. The van der Waals surface area contributed by atoms with Crippen LogP contribution in [0.4, 0.5) is 0 Å². The second-order valence-corrected chi connectivity index (χ2v) is 16.7. The SMILES string of the molecule is CC(C)CCCC(C)CCOC(=O)CCCCCCCC(CCCCCCCC(=O)OCCC(C)CCCC(C)C)CCCCN(C)C. The van der Waals surface area contributed by atoms with Crippen LogP contribution in [0.3, 0.4) is 0 Å². The quantitative estimate of drug-likeness (QED) is 0.0493. The largest absolute Gasteiger partial charge is 0.466 e. The van der Waals surface area contributed by atoms with Gasteiger partial charge in [0.25, 0.3) is 0 Å². The Kier molecular flexibility index (Phi) is 32.3. The lowest BCUT2D eigenvalue weighted by atomic mass is 9.90. The number of hydrogen-bond acceptors (Lipinski definition) is 5. The number of carbonyl (C=O) groups excluding carboxylic acids is 2. The van der Waals surface area contributed by atoms with E-state index in [2.05, 4.69) is 60.5 Å². The highest BCUT2D eigenvalue weighted by atomic mass is 16.5. The van der Waals surface area contributed by atoms with Gasteiger partial charge < -0.3 is 14.4 Å². The van der Waals surface area contributed by atoms with E-state index in [1.807, 2.05) is 0 Å². The average Bonchev–Trinajstić information content (AvgIpc) is 3.01. The van der Waals surface area contributed by atoms with Gasteiger partial charge in [-0.05, 0) is 82.3 Å². The Hall–Kier alpha value is -1.10. The number of ether oxygens (including phenoxy) is 2. The van der Waals surface area contributed by atoms with Crippen LogP contribution in [0, 0.1) is 29.6 Å². The predicted molar refractivity (Wildman–Crippen MR) is 207 cm³/mol. The lowest BCUT2D eigenvalue weighted by molar-refractivity contribution is -0.145. The Morgan fingerprint density at radius 3 is 1.21 bits per heavy atom. The first-order chi connectivity index (χ1) is 23.0. The van der Waals surface area contributed by atoms with Crippen molar-refractivity contribution in [3.63, 3.8) is 0 Å². The molecule has 0 aromatic heterocycles. The highest BCUT2D eigenvalue weighted by Crippen LogP contribution is 2.24. The van der Waals surface area contributed by atoms with Crippen molar-refractivity contribution in [2.24, 2.45) is 29.6 Å². The summed E-state index contributed by atoms with van der Waals surface area (Å²) in [4.78, 5) is 26.6. The van der Waals surface area contributed by atoms with Gasteiger partial charge >= 0.3 is 11.9 Å². The van der Waals surface area contributed by atoms with Crippen molar-refractivity contribution < 1.29 is 19.1 Å². The first-order valence-electron chi connectivity index (χ1n) is 20.9. The van der Waals surface area contributed by atoms with Gasteiger partial charge in [0.05, 0.1) is 13.2 Å². The van der Waals surface area contributed by atoms with Crippen molar-refractivity contribution in [3.05, 3.63) is 0 Å². The summed E-state index contributed by atoms with van der Waals surface area (Å²) in [5.41, 5.74) is 0. The van der Waals surface area contributed by atoms with Crippen LogP contribution in [0.5, 0.6) is 0 Å². The van der Waals surface area contributed by atoms with Gasteiger partial charge in [0.15, 0.2) is 0 Å². The molecule has 0 rings (SSSR count). The summed E-state index contributed by atoms with van der Waals surface area (Å²) in [5.74, 6) is 3.68. The molecule has 0 aliphatic heterocycles. The van der Waals surface area contributed by atoms with Crippen LogP contribution in [0.25, 0.3) is 0 Å². The smallest absolute Gasteiger partial charge is 0.305 e. The van der Waals surface area contributed by atoms with E-state index in [1.165, 1.54) is 116 Å². The zero-order valence-corrected chi connectivity index (χ0v) is 33.8. The van der Waals surface area contributed by atoms with E-state index in [4.69, 9.17) is 9.47 Å². The van der Waals surface area contributed by atoms with Crippen LogP contribution < -0.4 is 0 Å². The third-order valence-electron chi connectivity index (χ3n) is 10.2. The van der Waals surface area contributed by atoms with Gasteiger partial charge in [-0.3, -0.25) is 9.59 Å². The molecule has 0 spiro atoms. The average molecular weight is 680 g/mol. The van der Waals surface area contributed by atoms with Gasteiger partial charge in [0.1, 0.15) is 0 Å². The fourth-order valence-electron chi connectivity index (χ4n) is 6.69. The summed E-state index contributed by atoms with van der Waals surface area (Å²) in [7, 11) is 4.34. The van der Waals surface area contributed by atoms with Gasteiger partial charge in [-0.2, -0.15) is 0 Å². The summed E-state index contributed by atoms with van der Waals surface area (Å²) in [6.07, 6.45) is 29.3. The minimum atomic E-state index is -0.00461. The number of nitrogens with zero attached hydrogens (tertiary/aromatic N) is 1. The number of carbonyl (C=O) groups is 2. The molecular weight excluding hydrogens is 594 g/mol.